The van der Waals surface area contributed by atoms with Crippen LogP contribution >= 0.6 is 11.6 Å². The van der Waals surface area contributed by atoms with E-state index < -0.39 is 17.8 Å². The van der Waals surface area contributed by atoms with E-state index in [0.717, 1.165) is 6.47 Å². The molecule has 0 aromatic rings. The SMILES string of the molecule is O=[C]OC/C=C(\Cl)C(F)(F)F. The van der Waals surface area contributed by atoms with Crippen LogP contribution in [0.4, 0.5) is 13.2 Å². The van der Waals surface area contributed by atoms with Crippen LogP contribution in [-0.2, 0) is 9.53 Å². The number of carbonyl (C=O) groups excluding carboxylic acids is 1. The lowest BCUT2D eigenvalue weighted by Crippen LogP contribution is -2.07. The molecule has 0 bridgehead atoms. The summed E-state index contributed by atoms with van der Waals surface area (Å²) < 4.78 is 38.4. The summed E-state index contributed by atoms with van der Waals surface area (Å²) in [4.78, 5) is 9.34. The van der Waals surface area contributed by atoms with E-state index in [0.29, 0.717) is 6.08 Å². The monoisotopic (exact) mass is 187 g/mol. The van der Waals surface area contributed by atoms with Gasteiger partial charge >= 0.3 is 12.6 Å². The molecule has 0 atom stereocenters. The van der Waals surface area contributed by atoms with Crippen molar-refractivity contribution in [3.8, 4) is 0 Å². The predicted octanol–water partition coefficient (Wildman–Crippen LogP) is 1.76. The summed E-state index contributed by atoms with van der Waals surface area (Å²) in [5, 5.41) is -1.31. The number of hydrogen-bond donors (Lipinski definition) is 0. The molecule has 2 nitrogen and oxygen atoms in total. The van der Waals surface area contributed by atoms with Gasteiger partial charge in [0, 0.05) is 0 Å². The van der Waals surface area contributed by atoms with Crippen LogP contribution < -0.4 is 0 Å². The van der Waals surface area contributed by atoms with E-state index in [4.69, 9.17) is 11.6 Å². The van der Waals surface area contributed by atoms with Gasteiger partial charge in [-0.05, 0) is 6.08 Å². The summed E-state index contributed by atoms with van der Waals surface area (Å²) in [5.74, 6) is 0. The lowest BCUT2D eigenvalue weighted by Gasteiger charge is -2.02. The third-order valence-corrected chi connectivity index (χ3v) is 1.04. The molecule has 0 aromatic heterocycles. The van der Waals surface area contributed by atoms with Crippen LogP contribution in [0.15, 0.2) is 11.1 Å². The van der Waals surface area contributed by atoms with E-state index in [2.05, 4.69) is 4.74 Å². The fraction of sp³-hybridized carbons (Fsp3) is 0.400. The van der Waals surface area contributed by atoms with Gasteiger partial charge in [-0.25, -0.2) is 4.79 Å². The average Bonchev–Trinajstić information content (AvgIpc) is 1.86. The van der Waals surface area contributed by atoms with Crippen molar-refractivity contribution in [3.05, 3.63) is 11.1 Å². The fourth-order valence-corrected chi connectivity index (χ4v) is 0.328. The minimum absolute atomic E-state index is 0.526. The van der Waals surface area contributed by atoms with Crippen molar-refractivity contribution in [1.82, 2.24) is 0 Å². The van der Waals surface area contributed by atoms with Gasteiger partial charge in [0.25, 0.3) is 0 Å². The lowest BCUT2D eigenvalue weighted by molar-refractivity contribution is -0.0849. The summed E-state index contributed by atoms with van der Waals surface area (Å²) in [6, 6.07) is 0. The molecule has 0 aliphatic rings. The Balaban J connectivity index is 3.90. The average molecular weight is 188 g/mol. The topological polar surface area (TPSA) is 26.3 Å². The zero-order chi connectivity index (χ0) is 8.91. The van der Waals surface area contributed by atoms with Crippen LogP contribution in [0.3, 0.4) is 0 Å². The maximum atomic E-state index is 11.5. The minimum Gasteiger partial charge on any atom is -0.453 e. The molecule has 1 radical (unpaired) electrons. The minimum atomic E-state index is -4.58. The third kappa shape index (κ3) is 4.66. The van der Waals surface area contributed by atoms with E-state index in [1.807, 2.05) is 0 Å². The lowest BCUT2D eigenvalue weighted by atomic mass is 10.5. The van der Waals surface area contributed by atoms with Crippen LogP contribution in [0.25, 0.3) is 0 Å². The largest absolute Gasteiger partial charge is 0.453 e. The molecule has 0 spiro atoms. The second kappa shape index (κ2) is 4.23. The van der Waals surface area contributed by atoms with E-state index in [9.17, 15) is 18.0 Å². The number of alkyl halides is 3. The third-order valence-electron chi connectivity index (χ3n) is 0.676. The summed E-state index contributed by atoms with van der Waals surface area (Å²) in [6.07, 6.45) is -4.04. The highest BCUT2D eigenvalue weighted by molar-refractivity contribution is 6.30. The van der Waals surface area contributed by atoms with Gasteiger partial charge in [0.05, 0.1) is 0 Å². The highest BCUT2D eigenvalue weighted by Gasteiger charge is 2.31. The normalized spacial score (nSPS) is 12.9. The molecule has 0 aliphatic heterocycles. The van der Waals surface area contributed by atoms with Gasteiger partial charge in [0.1, 0.15) is 11.6 Å². The smallest absolute Gasteiger partial charge is 0.426 e. The van der Waals surface area contributed by atoms with Gasteiger partial charge in [-0.3, -0.25) is 0 Å². The van der Waals surface area contributed by atoms with Crippen molar-refractivity contribution < 1.29 is 22.7 Å². The highest BCUT2D eigenvalue weighted by Crippen LogP contribution is 2.27. The summed E-state index contributed by atoms with van der Waals surface area (Å²) in [6.45, 7) is 0.428. The van der Waals surface area contributed by atoms with Crippen molar-refractivity contribution in [2.45, 2.75) is 6.18 Å². The Bertz CT molecular complexity index is 164. The van der Waals surface area contributed by atoms with Gasteiger partial charge in [0.2, 0.25) is 0 Å². The molecule has 11 heavy (non-hydrogen) atoms. The predicted molar refractivity (Wildman–Crippen MR) is 31.6 cm³/mol. The first-order valence-electron chi connectivity index (χ1n) is 2.40. The Hall–Kier alpha value is -0.710. The Labute approximate surface area is 65.6 Å². The number of halogens is 4. The van der Waals surface area contributed by atoms with Crippen LogP contribution in [0, 0.1) is 0 Å². The maximum Gasteiger partial charge on any atom is 0.426 e. The summed E-state index contributed by atoms with van der Waals surface area (Å²) in [7, 11) is 0. The number of ether oxygens (including phenoxy) is 1. The number of hydrogen-bond acceptors (Lipinski definition) is 2. The van der Waals surface area contributed by atoms with E-state index in [1.54, 1.807) is 0 Å². The van der Waals surface area contributed by atoms with Crippen molar-refractivity contribution >= 4 is 18.1 Å². The van der Waals surface area contributed by atoms with Crippen molar-refractivity contribution in [1.29, 1.82) is 0 Å². The molecule has 0 amide bonds. The van der Waals surface area contributed by atoms with Crippen LogP contribution in [-0.4, -0.2) is 19.3 Å². The Morgan fingerprint density at radius 3 is 2.55 bits per heavy atom. The molecule has 0 fully saturated rings. The Kier molecular flexibility index (Phi) is 3.95. The fourth-order valence-electron chi connectivity index (χ4n) is 0.265. The second-order valence-electron chi connectivity index (χ2n) is 1.44. The highest BCUT2D eigenvalue weighted by atomic mass is 35.5. The standard InChI is InChI=1S/C5H3ClF3O2/c6-4(5(7,8)9)1-2-11-3-10/h1H,2H2/b4-1-. The van der Waals surface area contributed by atoms with Gasteiger partial charge in [0.15, 0.2) is 0 Å². The first kappa shape index (κ1) is 10.3. The second-order valence-corrected chi connectivity index (χ2v) is 1.85. The van der Waals surface area contributed by atoms with Gasteiger partial charge < -0.3 is 4.74 Å². The van der Waals surface area contributed by atoms with Gasteiger partial charge in [-0.1, -0.05) is 11.6 Å². The zero-order valence-corrected chi connectivity index (χ0v) is 5.87. The number of rotatable bonds is 3. The molecule has 63 valence electrons. The van der Waals surface area contributed by atoms with Crippen molar-refractivity contribution in [2.24, 2.45) is 0 Å². The molecular weight excluding hydrogens is 184 g/mol. The molecule has 0 N–H and O–H groups in total. The molecule has 0 aliphatic carbocycles. The zero-order valence-electron chi connectivity index (χ0n) is 5.11. The molecule has 0 saturated heterocycles. The van der Waals surface area contributed by atoms with Gasteiger partial charge in [-0.15, -0.1) is 0 Å². The van der Waals surface area contributed by atoms with Crippen LogP contribution in [0.5, 0.6) is 0 Å². The molecule has 0 rings (SSSR count). The molecule has 0 heterocycles. The van der Waals surface area contributed by atoms with Crippen LogP contribution in [0.1, 0.15) is 0 Å². The first-order valence-corrected chi connectivity index (χ1v) is 2.78. The quantitative estimate of drug-likeness (QED) is 0.630. The van der Waals surface area contributed by atoms with E-state index >= 15 is 0 Å². The van der Waals surface area contributed by atoms with Gasteiger partial charge in [-0.2, -0.15) is 13.2 Å². The van der Waals surface area contributed by atoms with Crippen molar-refractivity contribution in [3.63, 3.8) is 0 Å². The van der Waals surface area contributed by atoms with E-state index in [-0.39, 0.29) is 0 Å². The van der Waals surface area contributed by atoms with E-state index in [1.165, 1.54) is 0 Å². The molecule has 0 aromatic carbocycles. The Morgan fingerprint density at radius 2 is 2.18 bits per heavy atom. The summed E-state index contributed by atoms with van der Waals surface area (Å²) in [5.41, 5.74) is 0. The molecule has 6 heteroatoms. The summed E-state index contributed by atoms with van der Waals surface area (Å²) >= 11 is 4.72. The Morgan fingerprint density at radius 1 is 1.64 bits per heavy atom. The maximum absolute atomic E-state index is 11.5. The molecular formula is C5H3ClF3O2. The van der Waals surface area contributed by atoms with Crippen molar-refractivity contribution in [2.75, 3.05) is 6.61 Å². The number of allylic oxidation sites excluding steroid dienone is 1. The molecule has 0 saturated carbocycles. The van der Waals surface area contributed by atoms with Crippen LogP contribution in [0.2, 0.25) is 0 Å². The molecule has 0 unspecified atom stereocenters. The first-order chi connectivity index (χ1) is 4.98.